The lowest BCUT2D eigenvalue weighted by molar-refractivity contribution is 0.555. The highest BCUT2D eigenvalue weighted by atomic mass is 79.9. The zero-order valence-electron chi connectivity index (χ0n) is 10.3. The Balaban J connectivity index is 2.09. The molecule has 3 aromatic rings. The van der Waals surface area contributed by atoms with Crippen LogP contribution in [0.25, 0.3) is 11.1 Å². The number of anilines is 3. The molecule has 0 radical (unpaired) electrons. The summed E-state index contributed by atoms with van der Waals surface area (Å²) in [6, 6.07) is 5.08. The summed E-state index contributed by atoms with van der Waals surface area (Å²) < 4.78 is 32.7. The van der Waals surface area contributed by atoms with E-state index in [9.17, 15) is 13.6 Å². The molecule has 1 heterocycles. The van der Waals surface area contributed by atoms with Crippen molar-refractivity contribution in [3.05, 3.63) is 50.9 Å². The summed E-state index contributed by atoms with van der Waals surface area (Å²) in [5, 5.41) is 2.58. The minimum Gasteiger partial charge on any atom is -0.408 e. The van der Waals surface area contributed by atoms with Gasteiger partial charge in [0.1, 0.15) is 5.69 Å². The molecule has 0 unspecified atom stereocenters. The first-order valence-electron chi connectivity index (χ1n) is 5.78. The van der Waals surface area contributed by atoms with E-state index in [0.717, 1.165) is 12.1 Å². The van der Waals surface area contributed by atoms with Gasteiger partial charge in [-0.2, -0.15) is 0 Å². The van der Waals surface area contributed by atoms with Gasteiger partial charge in [-0.05, 0) is 18.2 Å². The number of hydrogen-bond acceptors (Lipinski definition) is 4. The molecule has 0 spiro atoms. The SMILES string of the molecule is Nc1cc2oc(=O)[nH]c2cc1Nc1c(F)cc(Br)cc1F. The molecule has 0 aliphatic carbocycles. The van der Waals surface area contributed by atoms with Crippen LogP contribution >= 0.6 is 15.9 Å². The van der Waals surface area contributed by atoms with Gasteiger partial charge in [-0.25, -0.2) is 13.6 Å². The molecule has 0 fully saturated rings. The summed E-state index contributed by atoms with van der Waals surface area (Å²) in [5.74, 6) is -2.19. The van der Waals surface area contributed by atoms with Crippen molar-refractivity contribution >= 4 is 44.1 Å². The molecule has 1 aromatic heterocycles. The Morgan fingerprint density at radius 2 is 1.86 bits per heavy atom. The molecule has 0 amide bonds. The van der Waals surface area contributed by atoms with Crippen LogP contribution in [0.4, 0.5) is 25.8 Å². The predicted octanol–water partition coefficient (Wildman–Crippen LogP) is 3.49. The molecule has 0 aliphatic heterocycles. The number of H-pyrrole nitrogens is 1. The number of nitrogens with one attached hydrogen (secondary N) is 2. The Bertz CT molecular complexity index is 881. The van der Waals surface area contributed by atoms with Crippen molar-refractivity contribution < 1.29 is 13.2 Å². The van der Waals surface area contributed by atoms with Crippen LogP contribution in [0.2, 0.25) is 0 Å². The fourth-order valence-corrected chi connectivity index (χ4v) is 2.32. The number of oxazole rings is 1. The highest BCUT2D eigenvalue weighted by Crippen LogP contribution is 2.31. The Morgan fingerprint density at radius 3 is 2.52 bits per heavy atom. The van der Waals surface area contributed by atoms with Crippen molar-refractivity contribution in [1.82, 2.24) is 4.98 Å². The zero-order valence-corrected chi connectivity index (χ0v) is 11.9. The van der Waals surface area contributed by atoms with Gasteiger partial charge in [0.2, 0.25) is 0 Å². The van der Waals surface area contributed by atoms with Crippen LogP contribution in [-0.4, -0.2) is 4.98 Å². The average molecular weight is 356 g/mol. The molecule has 2 aromatic carbocycles. The Kier molecular flexibility index (Phi) is 3.17. The number of aromatic nitrogens is 1. The minimum atomic E-state index is -0.776. The number of rotatable bonds is 2. The smallest absolute Gasteiger partial charge is 0.408 e. The molecule has 0 aliphatic rings. The molecule has 0 saturated heterocycles. The molecule has 0 saturated carbocycles. The van der Waals surface area contributed by atoms with Gasteiger partial charge in [0.05, 0.1) is 16.9 Å². The fraction of sp³-hybridized carbons (Fsp3) is 0. The van der Waals surface area contributed by atoms with Crippen molar-refractivity contribution in [3.63, 3.8) is 0 Å². The van der Waals surface area contributed by atoms with Crippen LogP contribution in [0.3, 0.4) is 0 Å². The van der Waals surface area contributed by atoms with Gasteiger partial charge >= 0.3 is 5.76 Å². The summed E-state index contributed by atoms with van der Waals surface area (Å²) in [5.41, 5.74) is 6.51. The highest BCUT2D eigenvalue weighted by Gasteiger charge is 2.13. The third-order valence-electron chi connectivity index (χ3n) is 2.86. The van der Waals surface area contributed by atoms with E-state index in [1.54, 1.807) is 0 Å². The van der Waals surface area contributed by atoms with Gasteiger partial charge in [0.25, 0.3) is 0 Å². The van der Waals surface area contributed by atoms with E-state index < -0.39 is 17.4 Å². The lowest BCUT2D eigenvalue weighted by Crippen LogP contribution is -2.01. The van der Waals surface area contributed by atoms with Crippen molar-refractivity contribution in [2.24, 2.45) is 0 Å². The number of benzene rings is 2. The standard InChI is InChI=1S/C13H8BrF2N3O2/c14-5-1-6(15)12(7(16)2-5)18-9-4-10-11(3-8(9)17)21-13(20)19-10/h1-4,18H,17H2,(H,19,20). The first-order valence-corrected chi connectivity index (χ1v) is 6.57. The van der Waals surface area contributed by atoms with E-state index in [2.05, 4.69) is 26.2 Å². The maximum Gasteiger partial charge on any atom is 0.417 e. The second-order valence-electron chi connectivity index (χ2n) is 4.32. The van der Waals surface area contributed by atoms with E-state index in [1.807, 2.05) is 0 Å². The topological polar surface area (TPSA) is 84.0 Å². The van der Waals surface area contributed by atoms with Gasteiger partial charge in [0.15, 0.2) is 17.2 Å². The molecule has 0 bridgehead atoms. The lowest BCUT2D eigenvalue weighted by atomic mass is 10.2. The Morgan fingerprint density at radius 1 is 1.19 bits per heavy atom. The zero-order chi connectivity index (χ0) is 15.1. The van der Waals surface area contributed by atoms with Crippen LogP contribution in [0, 0.1) is 11.6 Å². The summed E-state index contributed by atoms with van der Waals surface area (Å²) >= 11 is 3.00. The third kappa shape index (κ3) is 2.49. The van der Waals surface area contributed by atoms with Gasteiger partial charge in [-0.1, -0.05) is 15.9 Å². The summed E-state index contributed by atoms with van der Waals surface area (Å²) in [7, 11) is 0. The predicted molar refractivity (Wildman–Crippen MR) is 78.6 cm³/mol. The molecule has 3 rings (SSSR count). The van der Waals surface area contributed by atoms with Crippen molar-refractivity contribution in [2.75, 3.05) is 11.1 Å². The van der Waals surface area contributed by atoms with Crippen molar-refractivity contribution in [3.8, 4) is 0 Å². The lowest BCUT2D eigenvalue weighted by Gasteiger charge is -2.11. The largest absolute Gasteiger partial charge is 0.417 e. The number of hydrogen-bond donors (Lipinski definition) is 3. The molecule has 5 nitrogen and oxygen atoms in total. The molecule has 0 atom stereocenters. The summed E-state index contributed by atoms with van der Waals surface area (Å²) in [6.45, 7) is 0. The Hall–Kier alpha value is -2.35. The maximum absolute atomic E-state index is 13.8. The van der Waals surface area contributed by atoms with E-state index in [4.69, 9.17) is 10.2 Å². The first kappa shape index (κ1) is 13.6. The van der Waals surface area contributed by atoms with Gasteiger partial charge in [-0.3, -0.25) is 4.98 Å². The number of aromatic amines is 1. The number of halogens is 3. The van der Waals surface area contributed by atoms with E-state index in [-0.39, 0.29) is 27.1 Å². The maximum atomic E-state index is 13.8. The second kappa shape index (κ2) is 4.88. The van der Waals surface area contributed by atoms with Gasteiger partial charge in [-0.15, -0.1) is 0 Å². The van der Waals surface area contributed by atoms with Crippen LogP contribution in [0.1, 0.15) is 0 Å². The molecule has 4 N–H and O–H groups in total. The monoisotopic (exact) mass is 355 g/mol. The van der Waals surface area contributed by atoms with Crippen LogP contribution < -0.4 is 16.8 Å². The number of nitrogens with two attached hydrogens (primary N) is 1. The first-order chi connectivity index (χ1) is 9.94. The van der Waals surface area contributed by atoms with E-state index in [1.165, 1.54) is 12.1 Å². The van der Waals surface area contributed by atoms with E-state index in [0.29, 0.717) is 5.52 Å². The van der Waals surface area contributed by atoms with E-state index >= 15 is 0 Å². The summed E-state index contributed by atoms with van der Waals surface area (Å²) in [4.78, 5) is 13.5. The van der Waals surface area contributed by atoms with Crippen LogP contribution in [0.15, 0.2) is 37.9 Å². The third-order valence-corrected chi connectivity index (χ3v) is 3.32. The highest BCUT2D eigenvalue weighted by molar-refractivity contribution is 9.10. The number of nitrogen functional groups attached to an aromatic ring is 1. The summed E-state index contributed by atoms with van der Waals surface area (Å²) in [6.07, 6.45) is 0. The van der Waals surface area contributed by atoms with Crippen molar-refractivity contribution in [2.45, 2.75) is 0 Å². The molecular formula is C13H8BrF2N3O2. The molecule has 8 heteroatoms. The quantitative estimate of drug-likeness (QED) is 0.614. The number of fused-ring (bicyclic) bond motifs is 1. The minimum absolute atomic E-state index is 0.187. The molecular weight excluding hydrogens is 348 g/mol. The van der Waals surface area contributed by atoms with Crippen molar-refractivity contribution in [1.29, 1.82) is 0 Å². The molecule has 108 valence electrons. The van der Waals surface area contributed by atoms with Gasteiger partial charge < -0.3 is 15.5 Å². The van der Waals surface area contributed by atoms with Gasteiger partial charge in [0, 0.05) is 10.5 Å². The normalized spacial score (nSPS) is 11.0. The second-order valence-corrected chi connectivity index (χ2v) is 5.24. The average Bonchev–Trinajstić information content (AvgIpc) is 2.72. The van der Waals surface area contributed by atoms with Crippen LogP contribution in [0.5, 0.6) is 0 Å². The molecule has 21 heavy (non-hydrogen) atoms. The Labute approximate surface area is 124 Å². The van der Waals surface area contributed by atoms with Crippen LogP contribution in [-0.2, 0) is 0 Å². The fourth-order valence-electron chi connectivity index (χ4n) is 1.92.